The van der Waals surface area contributed by atoms with Gasteiger partial charge in [-0.25, -0.2) is 15.0 Å². The van der Waals surface area contributed by atoms with E-state index in [1.54, 1.807) is 36.9 Å². The summed E-state index contributed by atoms with van der Waals surface area (Å²) in [5.41, 5.74) is 3.20. The fourth-order valence-electron chi connectivity index (χ4n) is 3.70. The highest BCUT2D eigenvalue weighted by molar-refractivity contribution is 5.99. The van der Waals surface area contributed by atoms with Crippen LogP contribution in [-0.4, -0.2) is 57.0 Å². The highest BCUT2D eigenvalue weighted by Gasteiger charge is 2.13. The van der Waals surface area contributed by atoms with Gasteiger partial charge >= 0.3 is 0 Å². The van der Waals surface area contributed by atoms with Crippen molar-refractivity contribution in [3.63, 3.8) is 0 Å². The molecule has 0 saturated carbocycles. The van der Waals surface area contributed by atoms with Crippen LogP contribution >= 0.6 is 0 Å². The van der Waals surface area contributed by atoms with Gasteiger partial charge in [0.15, 0.2) is 0 Å². The van der Waals surface area contributed by atoms with Crippen LogP contribution < -0.4 is 20.9 Å². The number of hydrogen-bond acceptors (Lipinski definition) is 9. The van der Waals surface area contributed by atoms with E-state index in [2.05, 4.69) is 47.4 Å². The number of carbonyl (C=O) groups is 1. The van der Waals surface area contributed by atoms with Crippen molar-refractivity contribution in [3.05, 3.63) is 67.8 Å². The first-order valence-electron chi connectivity index (χ1n) is 10.9. The van der Waals surface area contributed by atoms with Gasteiger partial charge in [-0.15, -0.1) is 0 Å². The summed E-state index contributed by atoms with van der Waals surface area (Å²) in [5, 5.41) is 10.1. The molecule has 0 aliphatic carbocycles. The van der Waals surface area contributed by atoms with Crippen LogP contribution in [0.3, 0.4) is 0 Å². The molecule has 0 bridgehead atoms. The second-order valence-corrected chi connectivity index (χ2v) is 7.68. The molecule has 1 amide bonds. The van der Waals surface area contributed by atoms with Gasteiger partial charge in [-0.2, -0.15) is 0 Å². The van der Waals surface area contributed by atoms with Crippen molar-refractivity contribution in [2.75, 3.05) is 41.7 Å². The average Bonchev–Trinajstić information content (AvgIpc) is 2.89. The van der Waals surface area contributed by atoms with Gasteiger partial charge in [0, 0.05) is 55.8 Å². The summed E-state index contributed by atoms with van der Waals surface area (Å²) in [7, 11) is 0. The number of nitrogens with one attached hydrogen (secondary N) is 3. The maximum atomic E-state index is 11.7. The number of fused-ring (bicyclic) bond motifs is 1. The van der Waals surface area contributed by atoms with Crippen LogP contribution in [0.25, 0.3) is 22.3 Å². The average molecular weight is 454 g/mol. The van der Waals surface area contributed by atoms with Crippen molar-refractivity contribution in [1.29, 1.82) is 0 Å². The van der Waals surface area contributed by atoms with Crippen LogP contribution in [0.5, 0.6) is 0 Å². The Morgan fingerprint density at radius 3 is 2.65 bits per heavy atom. The van der Waals surface area contributed by atoms with Crippen molar-refractivity contribution in [2.24, 2.45) is 0 Å². The summed E-state index contributed by atoms with van der Waals surface area (Å²) in [5.74, 6) is 1.08. The fraction of sp³-hybridized carbons (Fsp3) is 0.167. The molecular formula is C24H23N9O. The van der Waals surface area contributed by atoms with Crippen LogP contribution in [0.1, 0.15) is 0 Å². The molecule has 1 saturated heterocycles. The molecule has 4 aromatic heterocycles. The third-order valence-corrected chi connectivity index (χ3v) is 5.40. The predicted octanol–water partition coefficient (Wildman–Crippen LogP) is 2.76. The molecule has 1 aliphatic heterocycles. The molecule has 4 aromatic rings. The Morgan fingerprint density at radius 2 is 1.85 bits per heavy atom. The lowest BCUT2D eigenvalue weighted by Gasteiger charge is -2.28. The summed E-state index contributed by atoms with van der Waals surface area (Å²) in [6, 6.07) is 9.26. The highest BCUT2D eigenvalue weighted by atomic mass is 16.1. The minimum absolute atomic E-state index is 0.298. The largest absolute Gasteiger partial charge is 0.354 e. The van der Waals surface area contributed by atoms with E-state index in [-0.39, 0.29) is 5.91 Å². The highest BCUT2D eigenvalue weighted by Crippen LogP contribution is 2.26. The molecule has 1 fully saturated rings. The number of rotatable bonds is 6. The SMILES string of the molecule is C=CC(=O)Nc1ccnc(-c2nccc3cnc(Nc4ccc(N5CCNCC5)nc4)nc23)c1. The number of pyridine rings is 3. The van der Waals surface area contributed by atoms with Crippen LogP contribution in [0.15, 0.2) is 67.8 Å². The lowest BCUT2D eigenvalue weighted by Crippen LogP contribution is -2.43. The molecule has 10 heteroatoms. The van der Waals surface area contributed by atoms with Crippen LogP contribution in [0.4, 0.5) is 23.1 Å². The van der Waals surface area contributed by atoms with Gasteiger partial charge < -0.3 is 20.9 Å². The van der Waals surface area contributed by atoms with Gasteiger partial charge in [-0.3, -0.25) is 14.8 Å². The van der Waals surface area contributed by atoms with Crippen molar-refractivity contribution >= 4 is 40.0 Å². The van der Waals surface area contributed by atoms with E-state index >= 15 is 0 Å². The number of nitrogens with zero attached hydrogens (tertiary/aromatic N) is 6. The lowest BCUT2D eigenvalue weighted by molar-refractivity contribution is -0.111. The molecule has 5 rings (SSSR count). The van der Waals surface area contributed by atoms with Gasteiger partial charge in [-0.1, -0.05) is 6.58 Å². The zero-order valence-corrected chi connectivity index (χ0v) is 18.4. The lowest BCUT2D eigenvalue weighted by atomic mass is 10.1. The molecule has 3 N–H and O–H groups in total. The summed E-state index contributed by atoms with van der Waals surface area (Å²) in [6.07, 6.45) is 8.03. The second-order valence-electron chi connectivity index (χ2n) is 7.68. The summed E-state index contributed by atoms with van der Waals surface area (Å²) in [6.45, 7) is 7.28. The molecule has 5 heterocycles. The van der Waals surface area contributed by atoms with E-state index in [0.29, 0.717) is 28.5 Å². The maximum absolute atomic E-state index is 11.7. The standard InChI is InChI=1S/C24H23N9O/c1-2-21(34)30-17-6-8-26-19(13-17)23-22-16(5-7-27-23)14-29-24(32-22)31-18-3-4-20(28-15-18)33-11-9-25-10-12-33/h2-8,13-15,25H,1,9-12H2,(H,26,30,34)(H,29,31,32). The molecule has 0 radical (unpaired) electrons. The van der Waals surface area contributed by atoms with Gasteiger partial charge in [-0.05, 0) is 36.4 Å². The monoisotopic (exact) mass is 453 g/mol. The molecule has 10 nitrogen and oxygen atoms in total. The van der Waals surface area contributed by atoms with Crippen LogP contribution in [0, 0.1) is 0 Å². The normalized spacial score (nSPS) is 13.5. The molecule has 170 valence electrons. The molecule has 0 spiro atoms. The Hall–Kier alpha value is -4.44. The Labute approximate surface area is 196 Å². The van der Waals surface area contributed by atoms with E-state index in [4.69, 9.17) is 4.98 Å². The Kier molecular flexibility index (Phi) is 6.04. The smallest absolute Gasteiger partial charge is 0.247 e. The van der Waals surface area contributed by atoms with Crippen molar-refractivity contribution < 1.29 is 4.79 Å². The molecule has 0 unspecified atom stereocenters. The third kappa shape index (κ3) is 4.66. The third-order valence-electron chi connectivity index (χ3n) is 5.40. The Bertz CT molecular complexity index is 1330. The van der Waals surface area contributed by atoms with Gasteiger partial charge in [0.25, 0.3) is 0 Å². The first-order chi connectivity index (χ1) is 16.7. The van der Waals surface area contributed by atoms with Crippen LogP contribution in [0.2, 0.25) is 0 Å². The minimum Gasteiger partial charge on any atom is -0.354 e. The molecule has 1 aliphatic rings. The first kappa shape index (κ1) is 21.4. The number of piperazine rings is 1. The van der Waals surface area contributed by atoms with Crippen molar-refractivity contribution in [3.8, 4) is 11.4 Å². The molecular weight excluding hydrogens is 430 g/mol. The second kappa shape index (κ2) is 9.59. The zero-order chi connectivity index (χ0) is 23.3. The number of amides is 1. The van der Waals surface area contributed by atoms with Crippen molar-refractivity contribution in [1.82, 2.24) is 30.2 Å². The number of hydrogen-bond donors (Lipinski definition) is 3. The van der Waals surface area contributed by atoms with Gasteiger partial charge in [0.1, 0.15) is 17.0 Å². The van der Waals surface area contributed by atoms with E-state index in [0.717, 1.165) is 43.1 Å². The van der Waals surface area contributed by atoms with E-state index in [1.807, 2.05) is 18.2 Å². The number of aromatic nitrogens is 5. The fourth-order valence-corrected chi connectivity index (χ4v) is 3.70. The summed E-state index contributed by atoms with van der Waals surface area (Å²) >= 11 is 0. The number of carbonyl (C=O) groups excluding carboxylic acids is 1. The van der Waals surface area contributed by atoms with Gasteiger partial charge in [0.2, 0.25) is 11.9 Å². The van der Waals surface area contributed by atoms with Crippen molar-refractivity contribution in [2.45, 2.75) is 0 Å². The Balaban J connectivity index is 1.41. The quantitative estimate of drug-likeness (QED) is 0.378. The summed E-state index contributed by atoms with van der Waals surface area (Å²) in [4.78, 5) is 36.5. The number of anilines is 4. The zero-order valence-electron chi connectivity index (χ0n) is 18.4. The van der Waals surface area contributed by atoms with E-state index in [1.165, 1.54) is 6.08 Å². The minimum atomic E-state index is -0.298. The maximum Gasteiger partial charge on any atom is 0.247 e. The van der Waals surface area contributed by atoms with E-state index < -0.39 is 0 Å². The molecule has 0 atom stereocenters. The topological polar surface area (TPSA) is 121 Å². The molecule has 0 aromatic carbocycles. The Morgan fingerprint density at radius 1 is 1.00 bits per heavy atom. The van der Waals surface area contributed by atoms with Crippen LogP contribution in [-0.2, 0) is 4.79 Å². The van der Waals surface area contributed by atoms with E-state index in [9.17, 15) is 4.79 Å². The molecule has 34 heavy (non-hydrogen) atoms. The summed E-state index contributed by atoms with van der Waals surface area (Å²) < 4.78 is 0. The van der Waals surface area contributed by atoms with Gasteiger partial charge in [0.05, 0.1) is 17.6 Å². The first-order valence-corrected chi connectivity index (χ1v) is 10.9. The predicted molar refractivity (Wildman–Crippen MR) is 132 cm³/mol.